The Morgan fingerprint density at radius 1 is 1.64 bits per heavy atom. The first-order valence-electron chi connectivity index (χ1n) is 4.81. The predicted molar refractivity (Wildman–Crippen MR) is 54.2 cm³/mol. The molecular formula is C10H13N3O. The SMILES string of the molecule is CCN1CCc2cccnc2NC1=O. The second-order valence-electron chi connectivity index (χ2n) is 3.27. The van der Waals surface area contributed by atoms with E-state index in [0.717, 1.165) is 25.1 Å². The fourth-order valence-corrected chi connectivity index (χ4v) is 1.59. The van der Waals surface area contributed by atoms with Crippen LogP contribution >= 0.6 is 0 Å². The van der Waals surface area contributed by atoms with E-state index in [1.165, 1.54) is 0 Å². The summed E-state index contributed by atoms with van der Waals surface area (Å²) in [4.78, 5) is 17.5. The molecule has 0 aliphatic carbocycles. The zero-order valence-corrected chi connectivity index (χ0v) is 8.16. The van der Waals surface area contributed by atoms with Gasteiger partial charge in [-0.3, -0.25) is 5.32 Å². The van der Waals surface area contributed by atoms with Crippen LogP contribution in [0.25, 0.3) is 0 Å². The van der Waals surface area contributed by atoms with Crippen LogP contribution in [0.5, 0.6) is 0 Å². The van der Waals surface area contributed by atoms with Crippen molar-refractivity contribution in [3.05, 3.63) is 23.9 Å². The Bertz CT molecular complexity index is 351. The lowest BCUT2D eigenvalue weighted by atomic mass is 10.2. The van der Waals surface area contributed by atoms with Gasteiger partial charge in [-0.15, -0.1) is 0 Å². The van der Waals surface area contributed by atoms with Crippen molar-refractivity contribution >= 4 is 11.8 Å². The van der Waals surface area contributed by atoms with Gasteiger partial charge >= 0.3 is 6.03 Å². The minimum Gasteiger partial charge on any atom is -0.324 e. The van der Waals surface area contributed by atoms with Crippen LogP contribution in [0.1, 0.15) is 12.5 Å². The number of urea groups is 1. The van der Waals surface area contributed by atoms with Gasteiger partial charge in [-0.05, 0) is 25.0 Å². The molecule has 0 radical (unpaired) electrons. The van der Waals surface area contributed by atoms with E-state index >= 15 is 0 Å². The third kappa shape index (κ3) is 1.55. The molecule has 4 nitrogen and oxygen atoms in total. The van der Waals surface area contributed by atoms with Crippen molar-refractivity contribution in [2.24, 2.45) is 0 Å². The van der Waals surface area contributed by atoms with Crippen molar-refractivity contribution in [1.82, 2.24) is 9.88 Å². The molecule has 1 N–H and O–H groups in total. The van der Waals surface area contributed by atoms with E-state index in [4.69, 9.17) is 0 Å². The van der Waals surface area contributed by atoms with E-state index < -0.39 is 0 Å². The monoisotopic (exact) mass is 191 g/mol. The molecule has 2 rings (SSSR count). The highest BCUT2D eigenvalue weighted by Crippen LogP contribution is 2.16. The number of likely N-dealkylation sites (N-methyl/N-ethyl adjacent to an activating group) is 1. The van der Waals surface area contributed by atoms with Gasteiger partial charge in [0.05, 0.1) is 0 Å². The highest BCUT2D eigenvalue weighted by Gasteiger charge is 2.18. The molecule has 0 spiro atoms. The fourth-order valence-electron chi connectivity index (χ4n) is 1.59. The lowest BCUT2D eigenvalue weighted by Crippen LogP contribution is -2.34. The molecule has 0 aromatic carbocycles. The number of amides is 2. The van der Waals surface area contributed by atoms with Gasteiger partial charge in [0.2, 0.25) is 0 Å². The summed E-state index contributed by atoms with van der Waals surface area (Å²) >= 11 is 0. The van der Waals surface area contributed by atoms with Crippen LogP contribution in [-0.2, 0) is 6.42 Å². The Balaban J connectivity index is 2.28. The molecule has 0 unspecified atom stereocenters. The maximum absolute atomic E-state index is 11.6. The molecule has 0 atom stereocenters. The molecule has 0 saturated heterocycles. The van der Waals surface area contributed by atoms with Crippen LogP contribution in [-0.4, -0.2) is 29.0 Å². The lowest BCUT2D eigenvalue weighted by molar-refractivity contribution is 0.216. The Hall–Kier alpha value is -1.58. The van der Waals surface area contributed by atoms with Crippen molar-refractivity contribution in [2.75, 3.05) is 18.4 Å². The number of rotatable bonds is 1. The first-order valence-corrected chi connectivity index (χ1v) is 4.81. The maximum Gasteiger partial charge on any atom is 0.323 e. The summed E-state index contributed by atoms with van der Waals surface area (Å²) < 4.78 is 0. The number of nitrogens with zero attached hydrogens (tertiary/aromatic N) is 2. The van der Waals surface area contributed by atoms with Gasteiger partial charge in [-0.1, -0.05) is 6.07 Å². The second kappa shape index (κ2) is 3.65. The number of carbonyl (C=O) groups excluding carboxylic acids is 1. The molecule has 1 aromatic heterocycles. The minimum atomic E-state index is -0.0510. The molecule has 0 saturated carbocycles. The second-order valence-corrected chi connectivity index (χ2v) is 3.27. The van der Waals surface area contributed by atoms with Crippen molar-refractivity contribution in [1.29, 1.82) is 0 Å². The van der Waals surface area contributed by atoms with E-state index in [-0.39, 0.29) is 6.03 Å². The first-order chi connectivity index (χ1) is 6.81. The van der Waals surface area contributed by atoms with E-state index in [2.05, 4.69) is 10.3 Å². The van der Waals surface area contributed by atoms with Crippen molar-refractivity contribution < 1.29 is 4.79 Å². The summed E-state index contributed by atoms with van der Waals surface area (Å²) in [6.45, 7) is 3.48. The third-order valence-corrected chi connectivity index (χ3v) is 2.44. The van der Waals surface area contributed by atoms with Crippen molar-refractivity contribution in [2.45, 2.75) is 13.3 Å². The first kappa shape index (κ1) is 8.99. The van der Waals surface area contributed by atoms with Crippen LogP contribution < -0.4 is 5.32 Å². The molecule has 0 bridgehead atoms. The highest BCUT2D eigenvalue weighted by molar-refractivity contribution is 5.89. The number of hydrogen-bond acceptors (Lipinski definition) is 2. The zero-order valence-electron chi connectivity index (χ0n) is 8.16. The number of anilines is 1. The summed E-state index contributed by atoms with van der Waals surface area (Å²) in [5, 5.41) is 2.80. The predicted octanol–water partition coefficient (Wildman–Crippen LogP) is 1.49. The van der Waals surface area contributed by atoms with E-state index in [0.29, 0.717) is 5.82 Å². The molecule has 14 heavy (non-hydrogen) atoms. The molecule has 2 amide bonds. The van der Waals surface area contributed by atoms with Gasteiger partial charge in [-0.2, -0.15) is 0 Å². The number of nitrogens with one attached hydrogen (secondary N) is 1. The Kier molecular flexibility index (Phi) is 2.35. The Morgan fingerprint density at radius 3 is 3.29 bits per heavy atom. The minimum absolute atomic E-state index is 0.0510. The standard InChI is InChI=1S/C10H13N3O/c1-2-13-7-5-8-4-3-6-11-9(8)12-10(13)14/h3-4,6H,2,5,7H2,1H3,(H,11,12,14). The third-order valence-electron chi connectivity index (χ3n) is 2.44. The largest absolute Gasteiger partial charge is 0.324 e. The van der Waals surface area contributed by atoms with Crippen molar-refractivity contribution in [3.63, 3.8) is 0 Å². The van der Waals surface area contributed by atoms with Crippen molar-refractivity contribution in [3.8, 4) is 0 Å². The van der Waals surface area contributed by atoms with Gasteiger partial charge < -0.3 is 4.90 Å². The number of fused-ring (bicyclic) bond motifs is 1. The van der Waals surface area contributed by atoms with Crippen LogP contribution in [0.15, 0.2) is 18.3 Å². The molecule has 2 heterocycles. The summed E-state index contributed by atoms with van der Waals surface area (Å²) in [6, 6.07) is 3.85. The Morgan fingerprint density at radius 2 is 2.50 bits per heavy atom. The van der Waals surface area contributed by atoms with Gasteiger partial charge in [0.1, 0.15) is 5.82 Å². The topological polar surface area (TPSA) is 45.2 Å². The summed E-state index contributed by atoms with van der Waals surface area (Å²) in [6.07, 6.45) is 2.57. The molecular weight excluding hydrogens is 178 g/mol. The molecule has 4 heteroatoms. The normalized spacial score (nSPS) is 15.8. The smallest absolute Gasteiger partial charge is 0.323 e. The van der Waals surface area contributed by atoms with Gasteiger partial charge in [-0.25, -0.2) is 9.78 Å². The van der Waals surface area contributed by atoms with E-state index in [1.54, 1.807) is 11.1 Å². The average Bonchev–Trinajstić information content (AvgIpc) is 2.36. The molecule has 0 fully saturated rings. The molecule has 74 valence electrons. The lowest BCUT2D eigenvalue weighted by Gasteiger charge is -2.16. The van der Waals surface area contributed by atoms with Crippen LogP contribution in [0.3, 0.4) is 0 Å². The summed E-state index contributed by atoms with van der Waals surface area (Å²) in [5.41, 5.74) is 1.11. The van der Waals surface area contributed by atoms with Crippen LogP contribution in [0, 0.1) is 0 Å². The quantitative estimate of drug-likeness (QED) is 0.731. The summed E-state index contributed by atoms with van der Waals surface area (Å²) in [7, 11) is 0. The average molecular weight is 191 g/mol. The van der Waals surface area contributed by atoms with E-state index in [9.17, 15) is 4.79 Å². The summed E-state index contributed by atoms with van der Waals surface area (Å²) in [5.74, 6) is 0.702. The fraction of sp³-hybridized carbons (Fsp3) is 0.400. The highest BCUT2D eigenvalue weighted by atomic mass is 16.2. The number of aromatic nitrogens is 1. The number of hydrogen-bond donors (Lipinski definition) is 1. The number of carbonyl (C=O) groups is 1. The number of pyridine rings is 1. The maximum atomic E-state index is 11.6. The molecule has 1 aliphatic heterocycles. The molecule has 1 aromatic rings. The van der Waals surface area contributed by atoms with E-state index in [1.807, 2.05) is 19.1 Å². The molecule has 1 aliphatic rings. The van der Waals surface area contributed by atoms with Gasteiger partial charge in [0.15, 0.2) is 0 Å². The van der Waals surface area contributed by atoms with Crippen LogP contribution in [0.4, 0.5) is 10.6 Å². The van der Waals surface area contributed by atoms with Gasteiger partial charge in [0, 0.05) is 19.3 Å². The van der Waals surface area contributed by atoms with Gasteiger partial charge in [0.25, 0.3) is 0 Å². The van der Waals surface area contributed by atoms with Crippen LogP contribution in [0.2, 0.25) is 0 Å². The zero-order chi connectivity index (χ0) is 9.97. The Labute approximate surface area is 82.9 Å².